The van der Waals surface area contributed by atoms with E-state index in [0.717, 1.165) is 32.5 Å². The van der Waals surface area contributed by atoms with E-state index in [2.05, 4.69) is 12.2 Å². The van der Waals surface area contributed by atoms with Gasteiger partial charge < -0.3 is 10.1 Å². The Bertz CT molecular complexity index is 249. The third-order valence-electron chi connectivity index (χ3n) is 4.28. The number of morpholine rings is 1. The number of hydrogen-bond donors (Lipinski definition) is 1. The second-order valence-electron chi connectivity index (χ2n) is 5.43. The largest absolute Gasteiger partial charge is 0.375 e. The average molecular weight is 239 g/mol. The Kier molecular flexibility index (Phi) is 4.99. The number of ketones is 1. The van der Waals surface area contributed by atoms with Crippen molar-refractivity contribution < 1.29 is 9.53 Å². The van der Waals surface area contributed by atoms with Gasteiger partial charge in [-0.25, -0.2) is 0 Å². The molecule has 0 aromatic heterocycles. The maximum absolute atomic E-state index is 12.3. The molecule has 3 heteroatoms. The van der Waals surface area contributed by atoms with Crippen molar-refractivity contribution in [1.82, 2.24) is 5.32 Å². The molecule has 1 N–H and O–H groups in total. The third kappa shape index (κ3) is 3.52. The smallest absolute Gasteiger partial charge is 0.138 e. The minimum Gasteiger partial charge on any atom is -0.375 e. The maximum Gasteiger partial charge on any atom is 0.138 e. The molecule has 1 saturated heterocycles. The summed E-state index contributed by atoms with van der Waals surface area (Å²) in [5.74, 6) is 1.40. The molecule has 0 aromatic carbocycles. The highest BCUT2D eigenvalue weighted by molar-refractivity contribution is 5.81. The van der Waals surface area contributed by atoms with Crippen molar-refractivity contribution in [3.8, 4) is 0 Å². The molecule has 2 fully saturated rings. The van der Waals surface area contributed by atoms with Crippen LogP contribution in [-0.4, -0.2) is 31.6 Å². The summed E-state index contributed by atoms with van der Waals surface area (Å²) in [6, 6.07) is 0. The molecule has 2 rings (SSSR count). The predicted molar refractivity (Wildman–Crippen MR) is 68.0 cm³/mol. The summed E-state index contributed by atoms with van der Waals surface area (Å²) in [7, 11) is 0. The fraction of sp³-hybridized carbons (Fsp3) is 0.929. The third-order valence-corrected chi connectivity index (χ3v) is 4.28. The Balaban J connectivity index is 1.84. The summed E-state index contributed by atoms with van der Waals surface area (Å²) < 4.78 is 5.62. The second-order valence-corrected chi connectivity index (χ2v) is 5.43. The minimum absolute atomic E-state index is 0.121. The van der Waals surface area contributed by atoms with Crippen molar-refractivity contribution in [1.29, 1.82) is 0 Å². The highest BCUT2D eigenvalue weighted by Gasteiger charge is 2.31. The van der Waals surface area contributed by atoms with Crippen molar-refractivity contribution in [3.05, 3.63) is 0 Å². The molecule has 3 nitrogen and oxygen atoms in total. The van der Waals surface area contributed by atoms with E-state index >= 15 is 0 Å². The number of rotatable bonds is 4. The maximum atomic E-state index is 12.3. The molecule has 0 amide bonds. The lowest BCUT2D eigenvalue weighted by Crippen LogP contribution is -2.41. The molecule has 2 aliphatic rings. The van der Waals surface area contributed by atoms with Gasteiger partial charge in [-0.1, -0.05) is 26.2 Å². The first-order valence-corrected chi connectivity index (χ1v) is 7.16. The molecule has 0 aromatic rings. The van der Waals surface area contributed by atoms with Gasteiger partial charge in [0.15, 0.2) is 0 Å². The summed E-state index contributed by atoms with van der Waals surface area (Å²) in [5.41, 5.74) is 0. The Morgan fingerprint density at radius 3 is 2.88 bits per heavy atom. The predicted octanol–water partition coefficient (Wildman–Crippen LogP) is 2.15. The number of nitrogens with one attached hydrogen (secondary N) is 1. The van der Waals surface area contributed by atoms with Gasteiger partial charge in [0, 0.05) is 25.4 Å². The molecule has 17 heavy (non-hydrogen) atoms. The molecule has 1 heterocycles. The van der Waals surface area contributed by atoms with Crippen molar-refractivity contribution in [2.45, 2.75) is 51.6 Å². The Labute approximate surface area is 104 Å². The number of carbonyl (C=O) groups is 1. The van der Waals surface area contributed by atoms with Crippen LogP contribution >= 0.6 is 0 Å². The standard InChI is InChI=1S/C14H25NO2/c1-2-11-5-3-4-6-13(11)14(16)9-12-10-15-7-8-17-12/h11-13,15H,2-10H2,1H3. The first-order valence-electron chi connectivity index (χ1n) is 7.16. The summed E-state index contributed by atoms with van der Waals surface area (Å²) in [4.78, 5) is 12.3. The van der Waals surface area contributed by atoms with E-state index in [9.17, 15) is 4.79 Å². The van der Waals surface area contributed by atoms with E-state index < -0.39 is 0 Å². The van der Waals surface area contributed by atoms with Crippen LogP contribution in [0.4, 0.5) is 0 Å². The molecule has 1 aliphatic carbocycles. The van der Waals surface area contributed by atoms with E-state index in [0.29, 0.717) is 24.0 Å². The normalized spacial score (nSPS) is 34.5. The van der Waals surface area contributed by atoms with Crippen LogP contribution in [0.15, 0.2) is 0 Å². The van der Waals surface area contributed by atoms with Gasteiger partial charge >= 0.3 is 0 Å². The van der Waals surface area contributed by atoms with Crippen molar-refractivity contribution in [2.24, 2.45) is 11.8 Å². The van der Waals surface area contributed by atoms with E-state index in [-0.39, 0.29) is 6.10 Å². The van der Waals surface area contributed by atoms with E-state index in [1.807, 2.05) is 0 Å². The molecule has 1 saturated carbocycles. The molecule has 0 radical (unpaired) electrons. The number of carbonyl (C=O) groups excluding carboxylic acids is 1. The van der Waals surface area contributed by atoms with Crippen LogP contribution in [0.5, 0.6) is 0 Å². The summed E-state index contributed by atoms with van der Waals surface area (Å²) >= 11 is 0. The Morgan fingerprint density at radius 2 is 2.18 bits per heavy atom. The first kappa shape index (κ1) is 13.0. The monoisotopic (exact) mass is 239 g/mol. The minimum atomic E-state index is 0.121. The Hall–Kier alpha value is -0.410. The van der Waals surface area contributed by atoms with Crippen LogP contribution in [0, 0.1) is 11.8 Å². The first-order chi connectivity index (χ1) is 8.31. The molecule has 0 spiro atoms. The zero-order valence-corrected chi connectivity index (χ0v) is 10.9. The van der Waals surface area contributed by atoms with Gasteiger partial charge in [-0.3, -0.25) is 4.79 Å². The van der Waals surface area contributed by atoms with Crippen molar-refractivity contribution >= 4 is 5.78 Å². The number of ether oxygens (including phenoxy) is 1. The quantitative estimate of drug-likeness (QED) is 0.817. The molecule has 98 valence electrons. The van der Waals surface area contributed by atoms with Crippen LogP contribution in [0.3, 0.4) is 0 Å². The summed E-state index contributed by atoms with van der Waals surface area (Å²) in [6.07, 6.45) is 6.79. The SMILES string of the molecule is CCC1CCCCC1C(=O)CC1CNCCO1. The van der Waals surface area contributed by atoms with Crippen LogP contribution in [-0.2, 0) is 9.53 Å². The molecule has 0 bridgehead atoms. The highest BCUT2D eigenvalue weighted by Crippen LogP contribution is 2.33. The summed E-state index contributed by atoms with van der Waals surface area (Å²) in [6.45, 7) is 4.73. The van der Waals surface area contributed by atoms with Crippen molar-refractivity contribution in [2.75, 3.05) is 19.7 Å². The molecule has 3 atom stereocenters. The molecular weight excluding hydrogens is 214 g/mol. The van der Waals surface area contributed by atoms with Crippen molar-refractivity contribution in [3.63, 3.8) is 0 Å². The van der Waals surface area contributed by atoms with E-state index in [1.165, 1.54) is 19.3 Å². The fourth-order valence-electron chi connectivity index (χ4n) is 3.25. The number of Topliss-reactive ketones (excluding diaryl/α,β-unsaturated/α-hetero) is 1. The highest BCUT2D eigenvalue weighted by atomic mass is 16.5. The number of hydrogen-bond acceptors (Lipinski definition) is 3. The molecular formula is C14H25NO2. The molecule has 1 aliphatic heterocycles. The van der Waals surface area contributed by atoms with Gasteiger partial charge in [0.05, 0.1) is 12.7 Å². The zero-order valence-electron chi connectivity index (χ0n) is 10.9. The van der Waals surface area contributed by atoms with E-state index in [1.54, 1.807) is 0 Å². The van der Waals surface area contributed by atoms with Crippen LogP contribution in [0.25, 0.3) is 0 Å². The van der Waals surface area contributed by atoms with Crippen LogP contribution in [0.2, 0.25) is 0 Å². The van der Waals surface area contributed by atoms with Gasteiger partial charge in [0.25, 0.3) is 0 Å². The second kappa shape index (κ2) is 6.50. The zero-order chi connectivity index (χ0) is 12.1. The lowest BCUT2D eigenvalue weighted by Gasteiger charge is -2.31. The van der Waals surface area contributed by atoms with Gasteiger partial charge in [0.2, 0.25) is 0 Å². The topological polar surface area (TPSA) is 38.3 Å². The summed E-state index contributed by atoms with van der Waals surface area (Å²) in [5, 5.41) is 3.29. The average Bonchev–Trinajstić information content (AvgIpc) is 2.40. The molecule has 3 unspecified atom stereocenters. The van der Waals surface area contributed by atoms with Gasteiger partial charge in [-0.05, 0) is 18.8 Å². The van der Waals surface area contributed by atoms with Gasteiger partial charge in [0.1, 0.15) is 5.78 Å². The Morgan fingerprint density at radius 1 is 1.35 bits per heavy atom. The van der Waals surface area contributed by atoms with Crippen LogP contribution in [0.1, 0.15) is 45.4 Å². The van der Waals surface area contributed by atoms with Gasteiger partial charge in [-0.15, -0.1) is 0 Å². The van der Waals surface area contributed by atoms with Crippen LogP contribution < -0.4 is 5.32 Å². The lowest BCUT2D eigenvalue weighted by molar-refractivity contribution is -0.129. The fourth-order valence-corrected chi connectivity index (χ4v) is 3.25. The lowest BCUT2D eigenvalue weighted by atomic mass is 9.74. The van der Waals surface area contributed by atoms with E-state index in [4.69, 9.17) is 4.74 Å². The van der Waals surface area contributed by atoms with Gasteiger partial charge in [-0.2, -0.15) is 0 Å².